The van der Waals surface area contributed by atoms with Gasteiger partial charge in [-0.2, -0.15) is 5.10 Å². The first-order valence-electron chi connectivity index (χ1n) is 5.13. The monoisotopic (exact) mass is 226 g/mol. The molecule has 0 unspecified atom stereocenters. The molecule has 1 rings (SSSR count). The van der Waals surface area contributed by atoms with Crippen molar-refractivity contribution < 1.29 is 9.53 Å². The number of nitrogens with zero attached hydrogens (tertiary/aromatic N) is 2. The van der Waals surface area contributed by atoms with Crippen molar-refractivity contribution >= 4 is 11.6 Å². The highest BCUT2D eigenvalue weighted by Gasteiger charge is 2.06. The van der Waals surface area contributed by atoms with Crippen molar-refractivity contribution in [2.45, 2.75) is 6.92 Å². The molecule has 1 aromatic heterocycles. The fourth-order valence-electron chi connectivity index (χ4n) is 1.29. The van der Waals surface area contributed by atoms with Gasteiger partial charge in [0.1, 0.15) is 0 Å². The minimum atomic E-state index is -0.0767. The molecule has 0 fully saturated rings. The second-order valence-corrected chi connectivity index (χ2v) is 3.52. The van der Waals surface area contributed by atoms with E-state index in [1.807, 2.05) is 14.0 Å². The number of methoxy groups -OCH3 is 1. The fraction of sp³-hybridized carbons (Fsp3) is 0.600. The Morgan fingerprint density at radius 3 is 2.94 bits per heavy atom. The Labute approximate surface area is 95.0 Å². The Bertz CT molecular complexity index is 349. The van der Waals surface area contributed by atoms with E-state index in [1.165, 1.54) is 0 Å². The highest BCUT2D eigenvalue weighted by molar-refractivity contribution is 5.92. The zero-order chi connectivity index (χ0) is 12.0. The summed E-state index contributed by atoms with van der Waals surface area (Å²) < 4.78 is 6.53. The molecule has 1 heterocycles. The van der Waals surface area contributed by atoms with Crippen LogP contribution >= 0.6 is 0 Å². The summed E-state index contributed by atoms with van der Waals surface area (Å²) in [5, 5.41) is 9.89. The Hall–Kier alpha value is -1.40. The van der Waals surface area contributed by atoms with Crippen molar-refractivity contribution in [1.29, 1.82) is 0 Å². The summed E-state index contributed by atoms with van der Waals surface area (Å²) in [6, 6.07) is 0. The molecule has 0 radical (unpaired) electrons. The van der Waals surface area contributed by atoms with Crippen LogP contribution in [0.1, 0.15) is 5.69 Å². The number of hydrogen-bond donors (Lipinski definition) is 2. The number of ether oxygens (including phenoxy) is 1. The molecular formula is C10H18N4O2. The third-order valence-corrected chi connectivity index (χ3v) is 2.06. The highest BCUT2D eigenvalue weighted by Crippen LogP contribution is 2.10. The number of aryl methyl sites for hydroxylation is 2. The van der Waals surface area contributed by atoms with E-state index < -0.39 is 0 Å². The number of aromatic nitrogens is 2. The molecule has 0 aliphatic heterocycles. The lowest BCUT2D eigenvalue weighted by molar-refractivity contribution is -0.115. The lowest BCUT2D eigenvalue weighted by Gasteiger charge is -2.04. The zero-order valence-corrected chi connectivity index (χ0v) is 9.91. The van der Waals surface area contributed by atoms with Crippen LogP contribution in [0.4, 0.5) is 5.69 Å². The Morgan fingerprint density at radius 1 is 1.62 bits per heavy atom. The van der Waals surface area contributed by atoms with E-state index in [0.29, 0.717) is 13.2 Å². The van der Waals surface area contributed by atoms with E-state index in [9.17, 15) is 4.79 Å². The highest BCUT2D eigenvalue weighted by atomic mass is 16.5. The van der Waals surface area contributed by atoms with E-state index in [4.69, 9.17) is 4.74 Å². The van der Waals surface area contributed by atoms with Gasteiger partial charge in [0.2, 0.25) is 5.91 Å². The average molecular weight is 226 g/mol. The van der Waals surface area contributed by atoms with E-state index >= 15 is 0 Å². The van der Waals surface area contributed by atoms with Gasteiger partial charge in [-0.3, -0.25) is 9.48 Å². The van der Waals surface area contributed by atoms with Crippen LogP contribution in [0.5, 0.6) is 0 Å². The number of anilines is 1. The van der Waals surface area contributed by atoms with Gasteiger partial charge in [0.25, 0.3) is 0 Å². The van der Waals surface area contributed by atoms with Crippen molar-refractivity contribution in [2.24, 2.45) is 7.05 Å². The molecule has 2 N–H and O–H groups in total. The molecular weight excluding hydrogens is 208 g/mol. The van der Waals surface area contributed by atoms with Crippen molar-refractivity contribution in [3.63, 3.8) is 0 Å². The minimum absolute atomic E-state index is 0.0767. The maximum Gasteiger partial charge on any atom is 0.238 e. The van der Waals surface area contributed by atoms with Crippen LogP contribution in [0.15, 0.2) is 6.20 Å². The largest absolute Gasteiger partial charge is 0.383 e. The molecule has 16 heavy (non-hydrogen) atoms. The molecule has 0 aromatic carbocycles. The summed E-state index contributed by atoms with van der Waals surface area (Å²) in [4.78, 5) is 11.5. The number of nitrogens with one attached hydrogen (secondary N) is 2. The molecule has 0 saturated carbocycles. The second kappa shape index (κ2) is 6.24. The molecule has 0 atom stereocenters. The summed E-state index contributed by atoms with van der Waals surface area (Å²) in [6.07, 6.45) is 1.78. The topological polar surface area (TPSA) is 68.2 Å². The number of carbonyl (C=O) groups is 1. The molecule has 0 spiro atoms. The molecule has 90 valence electrons. The second-order valence-electron chi connectivity index (χ2n) is 3.52. The molecule has 1 amide bonds. The van der Waals surface area contributed by atoms with Gasteiger partial charge in [-0.25, -0.2) is 0 Å². The van der Waals surface area contributed by atoms with Crippen molar-refractivity contribution in [1.82, 2.24) is 15.1 Å². The van der Waals surface area contributed by atoms with Crippen LogP contribution in [0.25, 0.3) is 0 Å². The minimum Gasteiger partial charge on any atom is -0.383 e. The first-order valence-corrected chi connectivity index (χ1v) is 5.13. The number of amides is 1. The van der Waals surface area contributed by atoms with Gasteiger partial charge in [0.05, 0.1) is 24.5 Å². The lowest BCUT2D eigenvalue weighted by atomic mass is 10.4. The third kappa shape index (κ3) is 4.00. The lowest BCUT2D eigenvalue weighted by Crippen LogP contribution is -2.30. The van der Waals surface area contributed by atoms with Crippen molar-refractivity contribution in [3.05, 3.63) is 11.9 Å². The first kappa shape index (κ1) is 12.7. The smallest absolute Gasteiger partial charge is 0.238 e. The average Bonchev–Trinajstić information content (AvgIpc) is 2.52. The molecule has 6 heteroatoms. The first-order chi connectivity index (χ1) is 7.63. The van der Waals surface area contributed by atoms with Crippen molar-refractivity contribution in [3.8, 4) is 0 Å². The van der Waals surface area contributed by atoms with Gasteiger partial charge in [-0.05, 0) is 6.92 Å². The summed E-state index contributed by atoms with van der Waals surface area (Å²) >= 11 is 0. The van der Waals surface area contributed by atoms with Gasteiger partial charge in [-0.1, -0.05) is 0 Å². The molecule has 0 aliphatic carbocycles. The normalized spacial score (nSPS) is 10.4. The van der Waals surface area contributed by atoms with E-state index in [0.717, 1.165) is 11.4 Å². The summed E-state index contributed by atoms with van der Waals surface area (Å²) in [6.45, 7) is 3.39. The van der Waals surface area contributed by atoms with Crippen LogP contribution in [-0.4, -0.2) is 42.5 Å². The third-order valence-electron chi connectivity index (χ3n) is 2.06. The molecule has 0 saturated heterocycles. The molecule has 0 bridgehead atoms. The fourth-order valence-corrected chi connectivity index (χ4v) is 1.29. The SMILES string of the molecule is COCCNCC(=O)Nc1cn(C)nc1C. The number of hydrogen-bond acceptors (Lipinski definition) is 4. The van der Waals surface area contributed by atoms with Gasteiger partial charge in [0.15, 0.2) is 0 Å². The van der Waals surface area contributed by atoms with Crippen LogP contribution in [-0.2, 0) is 16.6 Å². The van der Waals surface area contributed by atoms with Gasteiger partial charge in [0, 0.05) is 26.9 Å². The van der Waals surface area contributed by atoms with Gasteiger partial charge in [-0.15, -0.1) is 0 Å². The van der Waals surface area contributed by atoms with Gasteiger partial charge >= 0.3 is 0 Å². The van der Waals surface area contributed by atoms with E-state index in [-0.39, 0.29) is 12.5 Å². The van der Waals surface area contributed by atoms with Crippen LogP contribution in [0, 0.1) is 6.92 Å². The maximum atomic E-state index is 11.5. The predicted octanol–water partition coefficient (Wildman–Crippen LogP) is -0.0970. The van der Waals surface area contributed by atoms with Crippen LogP contribution in [0.3, 0.4) is 0 Å². The standard InChI is InChI=1S/C10H18N4O2/c1-8-9(7-14(2)13-8)12-10(15)6-11-4-5-16-3/h7,11H,4-6H2,1-3H3,(H,12,15). The quantitative estimate of drug-likeness (QED) is 0.665. The Kier molecular flexibility index (Phi) is 4.94. The van der Waals surface area contributed by atoms with E-state index in [1.54, 1.807) is 18.0 Å². The summed E-state index contributed by atoms with van der Waals surface area (Å²) in [5.41, 5.74) is 1.56. The summed E-state index contributed by atoms with van der Waals surface area (Å²) in [7, 11) is 3.44. The Morgan fingerprint density at radius 2 is 2.38 bits per heavy atom. The molecule has 0 aliphatic rings. The number of carbonyl (C=O) groups excluding carboxylic acids is 1. The Balaban J connectivity index is 2.31. The molecule has 1 aromatic rings. The van der Waals surface area contributed by atoms with Gasteiger partial charge < -0.3 is 15.4 Å². The van der Waals surface area contributed by atoms with Crippen molar-refractivity contribution in [2.75, 3.05) is 32.1 Å². The summed E-state index contributed by atoms with van der Waals surface area (Å²) in [5.74, 6) is -0.0767. The van der Waals surface area contributed by atoms with Crippen LogP contribution < -0.4 is 10.6 Å². The number of rotatable bonds is 6. The van der Waals surface area contributed by atoms with Crippen LogP contribution in [0.2, 0.25) is 0 Å². The predicted molar refractivity (Wildman–Crippen MR) is 61.3 cm³/mol. The molecule has 6 nitrogen and oxygen atoms in total. The van der Waals surface area contributed by atoms with E-state index in [2.05, 4.69) is 15.7 Å². The zero-order valence-electron chi connectivity index (χ0n) is 9.91. The maximum absolute atomic E-state index is 11.5.